The van der Waals surface area contributed by atoms with Gasteiger partial charge >= 0.3 is 0 Å². The molecular weight excluding hydrogens is 238 g/mol. The molecule has 2 heterocycles. The van der Waals surface area contributed by atoms with E-state index in [-0.39, 0.29) is 6.04 Å². The molecule has 0 aliphatic carbocycles. The van der Waals surface area contributed by atoms with Gasteiger partial charge in [0.05, 0.1) is 11.6 Å². The van der Waals surface area contributed by atoms with Gasteiger partial charge in [-0.05, 0) is 36.8 Å². The van der Waals surface area contributed by atoms with Gasteiger partial charge in [-0.1, -0.05) is 12.1 Å². The molecule has 0 radical (unpaired) electrons. The van der Waals surface area contributed by atoms with Gasteiger partial charge in [-0.15, -0.1) is 0 Å². The van der Waals surface area contributed by atoms with E-state index in [0.29, 0.717) is 0 Å². The van der Waals surface area contributed by atoms with Crippen LogP contribution in [0, 0.1) is 0 Å². The second-order valence-corrected chi connectivity index (χ2v) is 4.52. The number of anilines is 2. The van der Waals surface area contributed by atoms with E-state index in [1.54, 1.807) is 12.5 Å². The number of rotatable bonds is 3. The van der Waals surface area contributed by atoms with E-state index < -0.39 is 0 Å². The summed E-state index contributed by atoms with van der Waals surface area (Å²) in [7, 11) is 0. The smallest absolute Gasteiger partial charge is 0.139 e. The first-order valence-corrected chi connectivity index (χ1v) is 6.18. The van der Waals surface area contributed by atoms with Crippen molar-refractivity contribution in [2.24, 2.45) is 0 Å². The summed E-state index contributed by atoms with van der Waals surface area (Å²) in [5, 5.41) is 4.39. The Morgan fingerprint density at radius 3 is 2.74 bits per heavy atom. The maximum Gasteiger partial charge on any atom is 0.139 e. The highest BCUT2D eigenvalue weighted by molar-refractivity contribution is 5.87. The van der Waals surface area contributed by atoms with E-state index in [0.717, 1.165) is 28.0 Å². The van der Waals surface area contributed by atoms with Crippen LogP contribution in [0.4, 0.5) is 11.5 Å². The van der Waals surface area contributed by atoms with Crippen molar-refractivity contribution in [2.75, 3.05) is 11.1 Å². The molecule has 19 heavy (non-hydrogen) atoms. The number of nitrogen functional groups attached to an aromatic ring is 1. The lowest BCUT2D eigenvalue weighted by molar-refractivity contribution is 0.615. The highest BCUT2D eigenvalue weighted by atomic mass is 16.3. The van der Waals surface area contributed by atoms with Gasteiger partial charge in [0.2, 0.25) is 0 Å². The summed E-state index contributed by atoms with van der Waals surface area (Å²) in [5.41, 5.74) is 8.46. The Morgan fingerprint density at radius 1 is 1.16 bits per heavy atom. The third-order valence-electron chi connectivity index (χ3n) is 3.17. The Labute approximate surface area is 111 Å². The van der Waals surface area contributed by atoms with Crippen LogP contribution in [-0.4, -0.2) is 4.98 Å². The fourth-order valence-corrected chi connectivity index (χ4v) is 2.08. The third kappa shape index (κ3) is 2.25. The fourth-order valence-electron chi connectivity index (χ4n) is 2.08. The van der Waals surface area contributed by atoms with Crippen molar-refractivity contribution >= 4 is 22.5 Å². The lowest BCUT2D eigenvalue weighted by Crippen LogP contribution is -2.08. The summed E-state index contributed by atoms with van der Waals surface area (Å²) >= 11 is 0. The van der Waals surface area contributed by atoms with Crippen molar-refractivity contribution in [3.63, 3.8) is 0 Å². The second kappa shape index (κ2) is 4.65. The van der Waals surface area contributed by atoms with Gasteiger partial charge in [0, 0.05) is 17.9 Å². The van der Waals surface area contributed by atoms with E-state index in [2.05, 4.69) is 17.2 Å². The molecule has 1 atom stereocenters. The first-order valence-electron chi connectivity index (χ1n) is 6.18. The summed E-state index contributed by atoms with van der Waals surface area (Å²) in [5.74, 6) is 0.829. The average Bonchev–Trinajstić information content (AvgIpc) is 2.89. The monoisotopic (exact) mass is 253 g/mol. The van der Waals surface area contributed by atoms with Gasteiger partial charge in [0.15, 0.2) is 0 Å². The van der Waals surface area contributed by atoms with Crippen LogP contribution in [0.2, 0.25) is 0 Å². The molecule has 0 saturated heterocycles. The predicted octanol–water partition coefficient (Wildman–Crippen LogP) is 3.58. The van der Waals surface area contributed by atoms with Crippen LogP contribution in [0.1, 0.15) is 18.5 Å². The van der Waals surface area contributed by atoms with E-state index >= 15 is 0 Å². The normalized spacial score (nSPS) is 12.5. The number of fused-ring (bicyclic) bond motifs is 1. The van der Waals surface area contributed by atoms with Crippen LogP contribution >= 0.6 is 0 Å². The number of pyridine rings is 1. The molecule has 3 rings (SSSR count). The van der Waals surface area contributed by atoms with E-state index in [1.165, 1.54) is 0 Å². The fraction of sp³-hybridized carbons (Fsp3) is 0.133. The molecule has 4 heteroatoms. The van der Waals surface area contributed by atoms with E-state index in [4.69, 9.17) is 10.2 Å². The van der Waals surface area contributed by atoms with Crippen LogP contribution in [0.3, 0.4) is 0 Å². The molecule has 3 N–H and O–H groups in total. The van der Waals surface area contributed by atoms with Crippen molar-refractivity contribution in [1.29, 1.82) is 0 Å². The summed E-state index contributed by atoms with van der Waals surface area (Å²) in [4.78, 5) is 4.37. The van der Waals surface area contributed by atoms with Gasteiger partial charge in [-0.25, -0.2) is 4.98 Å². The first kappa shape index (κ1) is 11.6. The number of nitrogens with two attached hydrogens (primary N) is 1. The Balaban J connectivity index is 1.88. The van der Waals surface area contributed by atoms with Crippen molar-refractivity contribution < 1.29 is 4.42 Å². The van der Waals surface area contributed by atoms with Crippen LogP contribution in [0.5, 0.6) is 0 Å². The zero-order valence-corrected chi connectivity index (χ0v) is 10.6. The maximum absolute atomic E-state index is 5.69. The molecule has 0 fully saturated rings. The molecule has 0 aliphatic rings. The lowest BCUT2D eigenvalue weighted by Gasteiger charge is -2.15. The Bertz CT molecular complexity index is 688. The quantitative estimate of drug-likeness (QED) is 0.700. The minimum Gasteiger partial charge on any atom is -0.464 e. The molecule has 1 aromatic carbocycles. The molecule has 0 bridgehead atoms. The Morgan fingerprint density at radius 2 is 1.95 bits per heavy atom. The van der Waals surface area contributed by atoms with Crippen molar-refractivity contribution in [3.05, 3.63) is 54.4 Å². The minimum atomic E-state index is 0.147. The zero-order chi connectivity index (χ0) is 13.2. The molecule has 0 aliphatic heterocycles. The average molecular weight is 253 g/mol. The number of furan rings is 1. The zero-order valence-electron chi connectivity index (χ0n) is 10.6. The third-order valence-corrected chi connectivity index (χ3v) is 3.17. The second-order valence-electron chi connectivity index (χ2n) is 4.52. The predicted molar refractivity (Wildman–Crippen MR) is 76.9 cm³/mol. The van der Waals surface area contributed by atoms with Crippen LogP contribution in [-0.2, 0) is 0 Å². The van der Waals surface area contributed by atoms with Crippen LogP contribution < -0.4 is 11.1 Å². The summed E-state index contributed by atoms with van der Waals surface area (Å²) in [6.07, 6.45) is 3.41. The number of hydrogen-bond acceptors (Lipinski definition) is 4. The molecule has 0 amide bonds. The minimum absolute atomic E-state index is 0.147. The van der Waals surface area contributed by atoms with Gasteiger partial charge < -0.3 is 15.5 Å². The Hall–Kier alpha value is -2.49. The summed E-state index contributed by atoms with van der Waals surface area (Å²) < 4.78 is 5.37. The molecule has 96 valence electrons. The lowest BCUT2D eigenvalue weighted by atomic mass is 10.1. The first-order chi connectivity index (χ1) is 9.24. The van der Waals surface area contributed by atoms with Crippen LogP contribution in [0.15, 0.2) is 53.3 Å². The van der Waals surface area contributed by atoms with Crippen molar-refractivity contribution in [3.8, 4) is 0 Å². The topological polar surface area (TPSA) is 64.1 Å². The Kier molecular flexibility index (Phi) is 2.83. The number of nitrogens with one attached hydrogen (secondary N) is 1. The highest BCUT2D eigenvalue weighted by Gasteiger charge is 2.09. The number of nitrogens with zero attached hydrogens (tertiary/aromatic N) is 1. The molecule has 3 aromatic rings. The van der Waals surface area contributed by atoms with E-state index in [1.807, 2.05) is 36.4 Å². The number of benzene rings is 1. The largest absolute Gasteiger partial charge is 0.464 e. The van der Waals surface area contributed by atoms with Gasteiger partial charge in [-0.3, -0.25) is 0 Å². The van der Waals surface area contributed by atoms with Crippen molar-refractivity contribution in [2.45, 2.75) is 13.0 Å². The van der Waals surface area contributed by atoms with Gasteiger partial charge in [0.25, 0.3) is 0 Å². The molecule has 0 spiro atoms. The van der Waals surface area contributed by atoms with Crippen LogP contribution in [0.25, 0.3) is 11.0 Å². The SMILES string of the molecule is CC(Nc1nccc2occc12)c1ccc(N)cc1. The number of hydrogen-bond donors (Lipinski definition) is 2. The molecule has 1 unspecified atom stereocenters. The molecular formula is C15H15N3O. The molecule has 4 nitrogen and oxygen atoms in total. The molecule has 2 aromatic heterocycles. The van der Waals surface area contributed by atoms with E-state index in [9.17, 15) is 0 Å². The van der Waals surface area contributed by atoms with Gasteiger partial charge in [0.1, 0.15) is 11.4 Å². The number of aromatic nitrogens is 1. The standard InChI is InChI=1S/C15H15N3O/c1-10(11-2-4-12(16)5-3-11)18-15-13-7-9-19-14(13)6-8-17-15/h2-10H,16H2,1H3,(H,17,18). The maximum atomic E-state index is 5.69. The van der Waals surface area contributed by atoms with Gasteiger partial charge in [-0.2, -0.15) is 0 Å². The van der Waals surface area contributed by atoms with Crippen molar-refractivity contribution in [1.82, 2.24) is 4.98 Å². The summed E-state index contributed by atoms with van der Waals surface area (Å²) in [6.45, 7) is 2.09. The molecule has 0 saturated carbocycles. The summed E-state index contributed by atoms with van der Waals surface area (Å²) in [6, 6.07) is 11.8. The highest BCUT2D eigenvalue weighted by Crippen LogP contribution is 2.25.